The van der Waals surface area contributed by atoms with E-state index in [-0.39, 0.29) is 29.3 Å². The van der Waals surface area contributed by atoms with E-state index in [0.717, 1.165) is 61.3 Å². The first-order valence-electron chi connectivity index (χ1n) is 10.9. The molecule has 2 aromatic carbocycles. The van der Waals surface area contributed by atoms with Crippen LogP contribution in [0, 0.1) is 18.7 Å². The Labute approximate surface area is 178 Å². The number of aryl methyl sites for hydroxylation is 1. The molecule has 2 atom stereocenters. The maximum absolute atomic E-state index is 13.2. The second-order valence-corrected chi connectivity index (χ2v) is 9.37. The van der Waals surface area contributed by atoms with E-state index in [2.05, 4.69) is 49.2 Å². The maximum Gasteiger partial charge on any atom is 0.224 e. The second kappa shape index (κ2) is 8.38. The number of nitrogens with zero attached hydrogens (tertiary/aromatic N) is 1. The SMILES string of the molecule is Cc1ccc2c(c1)OC(C)(C)C[C@H]2NC(=O)[C@@H]1CCCN(Cc2ccc(F)cc2)C1. The maximum atomic E-state index is 13.2. The number of carbonyl (C=O) groups is 1. The van der Waals surface area contributed by atoms with Crippen molar-refractivity contribution in [2.45, 2.75) is 58.2 Å². The Morgan fingerprint density at radius 1 is 1.23 bits per heavy atom. The van der Waals surface area contributed by atoms with Crippen molar-refractivity contribution in [3.63, 3.8) is 0 Å². The average Bonchev–Trinajstić information content (AvgIpc) is 2.69. The zero-order valence-electron chi connectivity index (χ0n) is 18.1. The quantitative estimate of drug-likeness (QED) is 0.790. The van der Waals surface area contributed by atoms with Crippen molar-refractivity contribution in [2.75, 3.05) is 13.1 Å². The van der Waals surface area contributed by atoms with Gasteiger partial charge in [0.15, 0.2) is 0 Å². The lowest BCUT2D eigenvalue weighted by molar-refractivity contribution is -0.128. The van der Waals surface area contributed by atoms with Crippen LogP contribution in [0.4, 0.5) is 4.39 Å². The summed E-state index contributed by atoms with van der Waals surface area (Å²) in [5.41, 5.74) is 2.97. The van der Waals surface area contributed by atoms with Gasteiger partial charge in [-0.3, -0.25) is 9.69 Å². The molecule has 1 fully saturated rings. The van der Waals surface area contributed by atoms with Crippen LogP contribution < -0.4 is 10.1 Å². The van der Waals surface area contributed by atoms with Gasteiger partial charge in [-0.25, -0.2) is 4.39 Å². The van der Waals surface area contributed by atoms with E-state index < -0.39 is 0 Å². The molecule has 0 unspecified atom stereocenters. The van der Waals surface area contributed by atoms with Gasteiger partial charge < -0.3 is 10.1 Å². The number of carbonyl (C=O) groups excluding carboxylic acids is 1. The number of hydrogen-bond acceptors (Lipinski definition) is 3. The van der Waals surface area contributed by atoms with Crippen LogP contribution in [0.25, 0.3) is 0 Å². The van der Waals surface area contributed by atoms with Gasteiger partial charge in [0.2, 0.25) is 5.91 Å². The van der Waals surface area contributed by atoms with Crippen molar-refractivity contribution in [1.29, 1.82) is 0 Å². The Hall–Kier alpha value is -2.40. The molecule has 0 spiro atoms. The summed E-state index contributed by atoms with van der Waals surface area (Å²) in [7, 11) is 0. The molecule has 0 radical (unpaired) electrons. The number of rotatable bonds is 4. The monoisotopic (exact) mass is 410 g/mol. The van der Waals surface area contributed by atoms with Gasteiger partial charge >= 0.3 is 0 Å². The van der Waals surface area contributed by atoms with Crippen LogP contribution in [0.5, 0.6) is 5.75 Å². The topological polar surface area (TPSA) is 41.6 Å². The summed E-state index contributed by atoms with van der Waals surface area (Å²) in [5.74, 6) is 0.745. The number of piperidine rings is 1. The minimum atomic E-state index is -0.320. The largest absolute Gasteiger partial charge is 0.487 e. The highest BCUT2D eigenvalue weighted by Crippen LogP contribution is 2.40. The molecule has 0 aromatic heterocycles. The molecule has 1 N–H and O–H groups in total. The summed E-state index contributed by atoms with van der Waals surface area (Å²) < 4.78 is 19.3. The summed E-state index contributed by atoms with van der Waals surface area (Å²) >= 11 is 0. The van der Waals surface area contributed by atoms with Crippen molar-refractivity contribution >= 4 is 5.91 Å². The Balaban J connectivity index is 1.42. The number of benzene rings is 2. The number of halogens is 1. The second-order valence-electron chi connectivity index (χ2n) is 9.37. The normalized spacial score (nSPS) is 23.3. The number of hydrogen-bond donors (Lipinski definition) is 1. The standard InChI is InChI=1S/C25H31FN2O2/c1-17-6-11-21-22(14-25(2,3)30-23(21)13-17)27-24(29)19-5-4-12-28(16-19)15-18-7-9-20(26)10-8-18/h6-11,13,19,22H,4-5,12,14-16H2,1-3H3,(H,27,29)/t19-,22-/m1/s1. The zero-order chi connectivity index (χ0) is 21.3. The van der Waals surface area contributed by atoms with Gasteiger partial charge in [-0.05, 0) is 69.5 Å². The van der Waals surface area contributed by atoms with Crippen LogP contribution in [0.3, 0.4) is 0 Å². The van der Waals surface area contributed by atoms with Crippen LogP contribution in [0.1, 0.15) is 55.8 Å². The van der Waals surface area contributed by atoms with Gasteiger partial charge in [0.05, 0.1) is 12.0 Å². The lowest BCUT2D eigenvalue weighted by atomic mass is 9.88. The molecule has 1 amide bonds. The Morgan fingerprint density at radius 2 is 2.00 bits per heavy atom. The third-order valence-corrected chi connectivity index (χ3v) is 6.14. The number of amides is 1. The van der Waals surface area contributed by atoms with Gasteiger partial charge in [-0.1, -0.05) is 24.3 Å². The number of ether oxygens (including phenoxy) is 1. The fourth-order valence-corrected chi connectivity index (χ4v) is 4.64. The van der Waals surface area contributed by atoms with Gasteiger partial charge in [-0.15, -0.1) is 0 Å². The summed E-state index contributed by atoms with van der Waals surface area (Å²) in [4.78, 5) is 15.5. The van der Waals surface area contributed by atoms with Crippen molar-refractivity contribution < 1.29 is 13.9 Å². The molecule has 0 saturated carbocycles. The van der Waals surface area contributed by atoms with E-state index in [0.29, 0.717) is 0 Å². The highest BCUT2D eigenvalue weighted by Gasteiger charge is 2.36. The molecule has 0 aliphatic carbocycles. The fraction of sp³-hybridized carbons (Fsp3) is 0.480. The summed E-state index contributed by atoms with van der Waals surface area (Å²) in [5, 5.41) is 3.32. The number of likely N-dealkylation sites (tertiary alicyclic amines) is 1. The molecule has 30 heavy (non-hydrogen) atoms. The molecule has 2 aliphatic rings. The van der Waals surface area contributed by atoms with E-state index in [1.165, 1.54) is 12.1 Å². The lowest BCUT2D eigenvalue weighted by Gasteiger charge is -2.39. The van der Waals surface area contributed by atoms with Crippen LogP contribution in [-0.2, 0) is 11.3 Å². The molecule has 160 valence electrons. The van der Waals surface area contributed by atoms with E-state index in [1.807, 2.05) is 12.1 Å². The first kappa shape index (κ1) is 20.9. The highest BCUT2D eigenvalue weighted by molar-refractivity contribution is 5.79. The third-order valence-electron chi connectivity index (χ3n) is 6.14. The molecule has 2 aliphatic heterocycles. The average molecular weight is 411 g/mol. The summed E-state index contributed by atoms with van der Waals surface area (Å²) in [6.07, 6.45) is 2.65. The molecule has 2 heterocycles. The van der Waals surface area contributed by atoms with Crippen LogP contribution >= 0.6 is 0 Å². The molecular weight excluding hydrogens is 379 g/mol. The highest BCUT2D eigenvalue weighted by atomic mass is 19.1. The fourth-order valence-electron chi connectivity index (χ4n) is 4.64. The molecule has 0 bridgehead atoms. The number of fused-ring (bicyclic) bond motifs is 1. The molecule has 5 heteroatoms. The molecular formula is C25H31FN2O2. The van der Waals surface area contributed by atoms with Crippen LogP contribution in [0.15, 0.2) is 42.5 Å². The van der Waals surface area contributed by atoms with Gasteiger partial charge in [0.1, 0.15) is 17.2 Å². The van der Waals surface area contributed by atoms with Gasteiger partial charge in [0.25, 0.3) is 0 Å². The third kappa shape index (κ3) is 4.84. The van der Waals surface area contributed by atoms with Crippen molar-refractivity contribution in [3.05, 3.63) is 65.0 Å². The van der Waals surface area contributed by atoms with E-state index >= 15 is 0 Å². The number of nitrogens with one attached hydrogen (secondary N) is 1. The summed E-state index contributed by atoms with van der Waals surface area (Å²) in [6.45, 7) is 8.64. The van der Waals surface area contributed by atoms with Gasteiger partial charge in [-0.2, -0.15) is 0 Å². The Bertz CT molecular complexity index is 910. The van der Waals surface area contributed by atoms with Crippen LogP contribution in [0.2, 0.25) is 0 Å². The first-order chi connectivity index (χ1) is 14.3. The van der Waals surface area contributed by atoms with E-state index in [9.17, 15) is 9.18 Å². The minimum absolute atomic E-state index is 0.0287. The van der Waals surface area contributed by atoms with Crippen molar-refractivity contribution in [3.8, 4) is 5.75 Å². The predicted molar refractivity (Wildman–Crippen MR) is 116 cm³/mol. The zero-order valence-corrected chi connectivity index (χ0v) is 18.1. The van der Waals surface area contributed by atoms with E-state index in [4.69, 9.17) is 4.74 Å². The Morgan fingerprint density at radius 3 is 2.77 bits per heavy atom. The molecule has 1 saturated heterocycles. The van der Waals surface area contributed by atoms with Crippen molar-refractivity contribution in [1.82, 2.24) is 10.2 Å². The smallest absolute Gasteiger partial charge is 0.224 e. The first-order valence-corrected chi connectivity index (χ1v) is 10.9. The predicted octanol–water partition coefficient (Wildman–Crippen LogP) is 4.76. The molecule has 4 rings (SSSR count). The van der Waals surface area contributed by atoms with E-state index in [1.54, 1.807) is 0 Å². The van der Waals surface area contributed by atoms with Gasteiger partial charge in [0, 0.05) is 25.1 Å². The van der Waals surface area contributed by atoms with Crippen molar-refractivity contribution in [2.24, 2.45) is 5.92 Å². The Kier molecular flexibility index (Phi) is 5.83. The molecule has 2 aromatic rings. The van der Waals surface area contributed by atoms with Crippen LogP contribution in [-0.4, -0.2) is 29.5 Å². The summed E-state index contributed by atoms with van der Waals surface area (Å²) in [6, 6.07) is 12.8. The molecule has 4 nitrogen and oxygen atoms in total. The lowest BCUT2D eigenvalue weighted by Crippen LogP contribution is -2.46. The minimum Gasteiger partial charge on any atom is -0.487 e.